The van der Waals surface area contributed by atoms with Crippen LogP contribution in [0.2, 0.25) is 0 Å². The molecule has 2 N–H and O–H groups in total. The minimum Gasteiger partial charge on any atom is -0.493 e. The number of ether oxygens (including phenoxy) is 1. The molecule has 5 nitrogen and oxygen atoms in total. The van der Waals surface area contributed by atoms with E-state index in [1.165, 1.54) is 0 Å². The molecule has 1 aromatic carbocycles. The van der Waals surface area contributed by atoms with Gasteiger partial charge in [0.05, 0.1) is 19.6 Å². The number of benzene rings is 1. The van der Waals surface area contributed by atoms with Crippen LogP contribution in [0.25, 0.3) is 0 Å². The standard InChI is InChI=1S/C15H16N2O3/c18-11-12-6-8-16-14(10-12)17-15(19)7-9-20-13-4-2-1-3-5-13/h1-6,8,10,18H,7,9,11H2,(H,16,17,19). The minimum atomic E-state index is -0.177. The molecule has 1 aromatic heterocycles. The van der Waals surface area contributed by atoms with Crippen molar-refractivity contribution in [2.45, 2.75) is 13.0 Å². The zero-order valence-electron chi connectivity index (χ0n) is 11.0. The molecule has 0 atom stereocenters. The summed E-state index contributed by atoms with van der Waals surface area (Å²) in [5.41, 5.74) is 0.704. The van der Waals surface area contributed by atoms with Crippen molar-refractivity contribution in [2.24, 2.45) is 0 Å². The highest BCUT2D eigenvalue weighted by molar-refractivity contribution is 5.89. The summed E-state index contributed by atoms with van der Waals surface area (Å²) >= 11 is 0. The molecule has 0 aliphatic carbocycles. The lowest BCUT2D eigenvalue weighted by Crippen LogP contribution is -2.16. The van der Waals surface area contributed by atoms with E-state index in [1.54, 1.807) is 18.3 Å². The molecule has 0 spiro atoms. The van der Waals surface area contributed by atoms with E-state index in [4.69, 9.17) is 9.84 Å². The zero-order valence-corrected chi connectivity index (χ0v) is 11.0. The van der Waals surface area contributed by atoms with E-state index < -0.39 is 0 Å². The van der Waals surface area contributed by atoms with E-state index in [1.807, 2.05) is 30.3 Å². The summed E-state index contributed by atoms with van der Waals surface area (Å²) in [5, 5.41) is 11.7. The van der Waals surface area contributed by atoms with Gasteiger partial charge in [-0.2, -0.15) is 0 Å². The molecule has 0 aliphatic heterocycles. The number of amides is 1. The van der Waals surface area contributed by atoms with Crippen molar-refractivity contribution >= 4 is 11.7 Å². The van der Waals surface area contributed by atoms with Crippen LogP contribution in [-0.2, 0) is 11.4 Å². The zero-order chi connectivity index (χ0) is 14.2. The fourth-order valence-corrected chi connectivity index (χ4v) is 1.62. The number of nitrogens with one attached hydrogen (secondary N) is 1. The number of rotatable bonds is 6. The first kappa shape index (κ1) is 14.0. The normalized spacial score (nSPS) is 10.1. The first-order valence-electron chi connectivity index (χ1n) is 6.31. The Morgan fingerprint density at radius 2 is 2.05 bits per heavy atom. The van der Waals surface area contributed by atoms with Crippen LogP contribution in [0.5, 0.6) is 5.75 Å². The number of aliphatic hydroxyl groups excluding tert-OH is 1. The molecule has 0 unspecified atom stereocenters. The van der Waals surface area contributed by atoms with Gasteiger partial charge in [-0.15, -0.1) is 0 Å². The predicted octanol–water partition coefficient (Wildman–Crippen LogP) is 1.98. The van der Waals surface area contributed by atoms with Gasteiger partial charge in [-0.3, -0.25) is 4.79 Å². The first-order valence-corrected chi connectivity index (χ1v) is 6.31. The van der Waals surface area contributed by atoms with Crippen LogP contribution < -0.4 is 10.1 Å². The number of aromatic nitrogens is 1. The summed E-state index contributed by atoms with van der Waals surface area (Å²) < 4.78 is 5.44. The average Bonchev–Trinajstić information content (AvgIpc) is 2.48. The second-order valence-corrected chi connectivity index (χ2v) is 4.17. The van der Waals surface area contributed by atoms with Crippen molar-refractivity contribution in [3.8, 4) is 5.75 Å². The third-order valence-electron chi connectivity index (χ3n) is 2.62. The van der Waals surface area contributed by atoms with Crippen LogP contribution in [0.15, 0.2) is 48.7 Å². The van der Waals surface area contributed by atoms with Crippen molar-refractivity contribution in [1.29, 1.82) is 0 Å². The quantitative estimate of drug-likeness (QED) is 0.843. The number of aliphatic hydroxyl groups is 1. The number of hydrogen-bond acceptors (Lipinski definition) is 4. The van der Waals surface area contributed by atoms with Crippen molar-refractivity contribution < 1.29 is 14.6 Å². The minimum absolute atomic E-state index is 0.0808. The SMILES string of the molecule is O=C(CCOc1ccccc1)Nc1cc(CO)ccn1. The van der Waals surface area contributed by atoms with Gasteiger partial charge in [0.2, 0.25) is 5.91 Å². The Bertz CT molecular complexity index is 558. The van der Waals surface area contributed by atoms with Crippen molar-refractivity contribution in [1.82, 2.24) is 4.98 Å². The highest BCUT2D eigenvalue weighted by Gasteiger charge is 2.04. The smallest absolute Gasteiger partial charge is 0.228 e. The average molecular weight is 272 g/mol. The van der Waals surface area contributed by atoms with Crippen LogP contribution >= 0.6 is 0 Å². The van der Waals surface area contributed by atoms with Gasteiger partial charge in [0.1, 0.15) is 11.6 Å². The van der Waals surface area contributed by atoms with Crippen LogP contribution in [0.1, 0.15) is 12.0 Å². The molecule has 2 aromatic rings. The monoisotopic (exact) mass is 272 g/mol. The number of nitrogens with zero attached hydrogens (tertiary/aromatic N) is 1. The second kappa shape index (κ2) is 7.25. The van der Waals surface area contributed by atoms with Gasteiger partial charge in [0, 0.05) is 6.20 Å². The maximum absolute atomic E-state index is 11.7. The van der Waals surface area contributed by atoms with E-state index in [2.05, 4.69) is 10.3 Å². The Balaban J connectivity index is 1.77. The molecule has 0 fully saturated rings. The van der Waals surface area contributed by atoms with Gasteiger partial charge in [-0.1, -0.05) is 18.2 Å². The number of carbonyl (C=O) groups is 1. The van der Waals surface area contributed by atoms with E-state index in [0.717, 1.165) is 5.75 Å². The van der Waals surface area contributed by atoms with Gasteiger partial charge in [-0.25, -0.2) is 4.98 Å². The number of pyridine rings is 1. The third kappa shape index (κ3) is 4.37. The predicted molar refractivity (Wildman–Crippen MR) is 75.3 cm³/mol. The molecule has 20 heavy (non-hydrogen) atoms. The Morgan fingerprint density at radius 1 is 1.25 bits per heavy atom. The summed E-state index contributed by atoms with van der Waals surface area (Å²) in [5.74, 6) is 0.991. The number of anilines is 1. The molecule has 1 amide bonds. The molecular formula is C15H16N2O3. The highest BCUT2D eigenvalue weighted by atomic mass is 16.5. The largest absolute Gasteiger partial charge is 0.493 e. The molecule has 0 saturated carbocycles. The van der Waals surface area contributed by atoms with Crippen molar-refractivity contribution in [3.05, 3.63) is 54.2 Å². The lowest BCUT2D eigenvalue weighted by molar-refractivity contribution is -0.116. The van der Waals surface area contributed by atoms with E-state index in [9.17, 15) is 4.79 Å². The summed E-state index contributed by atoms with van der Waals surface area (Å²) in [6.45, 7) is 0.220. The summed E-state index contributed by atoms with van der Waals surface area (Å²) in [7, 11) is 0. The Morgan fingerprint density at radius 3 is 2.80 bits per heavy atom. The highest BCUT2D eigenvalue weighted by Crippen LogP contribution is 2.09. The van der Waals surface area contributed by atoms with E-state index >= 15 is 0 Å². The van der Waals surface area contributed by atoms with Gasteiger partial charge in [0.25, 0.3) is 0 Å². The van der Waals surface area contributed by atoms with Crippen LogP contribution in [0, 0.1) is 0 Å². The van der Waals surface area contributed by atoms with Crippen LogP contribution in [-0.4, -0.2) is 22.6 Å². The van der Waals surface area contributed by atoms with Crippen molar-refractivity contribution in [2.75, 3.05) is 11.9 Å². The fourth-order valence-electron chi connectivity index (χ4n) is 1.62. The fraction of sp³-hybridized carbons (Fsp3) is 0.200. The molecule has 2 rings (SSSR count). The molecule has 0 radical (unpaired) electrons. The summed E-state index contributed by atoms with van der Waals surface area (Å²) in [4.78, 5) is 15.7. The van der Waals surface area contributed by atoms with Gasteiger partial charge in [-0.05, 0) is 29.8 Å². The van der Waals surface area contributed by atoms with E-state index in [-0.39, 0.29) is 18.9 Å². The van der Waals surface area contributed by atoms with Gasteiger partial charge in [0.15, 0.2) is 0 Å². The van der Waals surface area contributed by atoms with Gasteiger partial charge < -0.3 is 15.2 Å². The summed E-state index contributed by atoms with van der Waals surface area (Å²) in [6.07, 6.45) is 1.78. The first-order chi connectivity index (χ1) is 9.78. The Hall–Kier alpha value is -2.40. The Labute approximate surface area is 117 Å². The maximum Gasteiger partial charge on any atom is 0.228 e. The van der Waals surface area contributed by atoms with Crippen LogP contribution in [0.4, 0.5) is 5.82 Å². The molecule has 0 saturated heterocycles. The number of carbonyl (C=O) groups excluding carboxylic acids is 1. The molecular weight excluding hydrogens is 256 g/mol. The molecule has 5 heteroatoms. The van der Waals surface area contributed by atoms with Gasteiger partial charge >= 0.3 is 0 Å². The Kier molecular flexibility index (Phi) is 5.08. The van der Waals surface area contributed by atoms with Crippen LogP contribution in [0.3, 0.4) is 0 Å². The lowest BCUT2D eigenvalue weighted by Gasteiger charge is -2.07. The maximum atomic E-state index is 11.7. The molecule has 104 valence electrons. The number of hydrogen-bond donors (Lipinski definition) is 2. The number of para-hydroxylation sites is 1. The lowest BCUT2D eigenvalue weighted by atomic mass is 10.3. The molecule has 0 aliphatic rings. The second-order valence-electron chi connectivity index (χ2n) is 4.17. The molecule has 0 bridgehead atoms. The topological polar surface area (TPSA) is 71.5 Å². The van der Waals surface area contributed by atoms with E-state index in [0.29, 0.717) is 18.0 Å². The van der Waals surface area contributed by atoms with Crippen molar-refractivity contribution in [3.63, 3.8) is 0 Å². The molecule has 1 heterocycles. The summed E-state index contributed by atoms with van der Waals surface area (Å²) in [6, 6.07) is 12.7. The third-order valence-corrected chi connectivity index (χ3v) is 2.62.